The van der Waals surface area contributed by atoms with E-state index in [1.54, 1.807) is 7.11 Å². The van der Waals surface area contributed by atoms with E-state index in [1.807, 2.05) is 0 Å². The van der Waals surface area contributed by atoms with Crippen molar-refractivity contribution in [1.29, 1.82) is 0 Å². The van der Waals surface area contributed by atoms with E-state index in [2.05, 4.69) is 26.8 Å². The van der Waals surface area contributed by atoms with Crippen LogP contribution in [0.25, 0.3) is 0 Å². The maximum atomic E-state index is 5.93. The minimum atomic E-state index is 0.202. The van der Waals surface area contributed by atoms with Gasteiger partial charge in [0.1, 0.15) is 5.75 Å². The molecule has 0 aromatic heterocycles. The van der Waals surface area contributed by atoms with Crippen LogP contribution in [0, 0.1) is 20.8 Å². The van der Waals surface area contributed by atoms with E-state index in [0.29, 0.717) is 0 Å². The highest BCUT2D eigenvalue weighted by Gasteiger charge is 2.46. The van der Waals surface area contributed by atoms with Crippen LogP contribution in [0.5, 0.6) is 5.75 Å². The zero-order chi connectivity index (χ0) is 11.9. The van der Waals surface area contributed by atoms with Gasteiger partial charge in [0.2, 0.25) is 0 Å². The first-order chi connectivity index (χ1) is 7.55. The van der Waals surface area contributed by atoms with Gasteiger partial charge in [0.05, 0.1) is 7.11 Å². The van der Waals surface area contributed by atoms with Crippen molar-refractivity contribution in [2.75, 3.05) is 13.7 Å². The Morgan fingerprint density at radius 1 is 1.25 bits per heavy atom. The zero-order valence-corrected chi connectivity index (χ0v) is 10.7. The van der Waals surface area contributed by atoms with Gasteiger partial charge >= 0.3 is 0 Å². The van der Waals surface area contributed by atoms with Crippen molar-refractivity contribution in [1.82, 2.24) is 0 Å². The lowest BCUT2D eigenvalue weighted by molar-refractivity contribution is 0.400. The lowest BCUT2D eigenvalue weighted by Crippen LogP contribution is -2.22. The summed E-state index contributed by atoms with van der Waals surface area (Å²) in [5, 5.41) is 0. The molecular weight excluding hydrogens is 198 g/mol. The summed E-state index contributed by atoms with van der Waals surface area (Å²) in [6.07, 6.45) is 2.40. The SMILES string of the molecule is COc1c(C)c(C)cc(C)c1C1(CN)CC1. The lowest BCUT2D eigenvalue weighted by atomic mass is 9.87. The molecule has 2 nitrogen and oxygen atoms in total. The monoisotopic (exact) mass is 219 g/mol. The minimum absolute atomic E-state index is 0.202. The van der Waals surface area contributed by atoms with Crippen LogP contribution in [-0.4, -0.2) is 13.7 Å². The summed E-state index contributed by atoms with van der Waals surface area (Å²) < 4.78 is 5.61. The van der Waals surface area contributed by atoms with Gasteiger partial charge in [0.25, 0.3) is 0 Å². The smallest absolute Gasteiger partial charge is 0.126 e. The number of hydrogen-bond donors (Lipinski definition) is 1. The molecule has 2 N–H and O–H groups in total. The van der Waals surface area contributed by atoms with Crippen LogP contribution >= 0.6 is 0 Å². The Morgan fingerprint density at radius 3 is 2.31 bits per heavy atom. The predicted molar refractivity (Wildman–Crippen MR) is 67.2 cm³/mol. The first-order valence-corrected chi connectivity index (χ1v) is 5.91. The van der Waals surface area contributed by atoms with E-state index >= 15 is 0 Å². The summed E-state index contributed by atoms with van der Waals surface area (Å²) in [6, 6.07) is 2.25. The molecule has 0 bridgehead atoms. The molecule has 1 aliphatic carbocycles. The molecule has 0 spiro atoms. The first kappa shape index (κ1) is 11.5. The molecule has 88 valence electrons. The Bertz CT molecular complexity index is 419. The number of benzene rings is 1. The van der Waals surface area contributed by atoms with Gasteiger partial charge in [-0.15, -0.1) is 0 Å². The number of aryl methyl sites for hydroxylation is 2. The Morgan fingerprint density at radius 2 is 1.88 bits per heavy atom. The van der Waals surface area contributed by atoms with E-state index in [9.17, 15) is 0 Å². The fraction of sp³-hybridized carbons (Fsp3) is 0.571. The van der Waals surface area contributed by atoms with E-state index in [1.165, 1.54) is 35.1 Å². The third-order valence-corrected chi connectivity index (χ3v) is 3.97. The quantitative estimate of drug-likeness (QED) is 0.848. The van der Waals surface area contributed by atoms with E-state index in [0.717, 1.165) is 12.3 Å². The molecule has 2 rings (SSSR count). The summed E-state index contributed by atoms with van der Waals surface area (Å²) in [4.78, 5) is 0. The van der Waals surface area contributed by atoms with Crippen LogP contribution in [0.3, 0.4) is 0 Å². The fourth-order valence-electron chi connectivity index (χ4n) is 2.67. The molecule has 0 radical (unpaired) electrons. The van der Waals surface area contributed by atoms with Crippen molar-refractivity contribution in [2.24, 2.45) is 5.73 Å². The highest BCUT2D eigenvalue weighted by molar-refractivity contribution is 5.55. The van der Waals surface area contributed by atoms with Crippen molar-refractivity contribution in [3.05, 3.63) is 28.3 Å². The average Bonchev–Trinajstić information content (AvgIpc) is 3.03. The maximum Gasteiger partial charge on any atom is 0.126 e. The molecule has 2 heteroatoms. The maximum absolute atomic E-state index is 5.93. The van der Waals surface area contributed by atoms with Crippen molar-refractivity contribution in [3.63, 3.8) is 0 Å². The van der Waals surface area contributed by atoms with Gasteiger partial charge in [0, 0.05) is 17.5 Å². The molecular formula is C14H21NO. The minimum Gasteiger partial charge on any atom is -0.496 e. The lowest BCUT2D eigenvalue weighted by Gasteiger charge is -2.22. The second-order valence-corrected chi connectivity index (χ2v) is 5.03. The Hall–Kier alpha value is -1.02. The number of nitrogens with two attached hydrogens (primary N) is 1. The molecule has 1 aliphatic rings. The van der Waals surface area contributed by atoms with Crippen LogP contribution in [0.1, 0.15) is 35.1 Å². The zero-order valence-electron chi connectivity index (χ0n) is 10.7. The molecule has 16 heavy (non-hydrogen) atoms. The molecule has 0 saturated heterocycles. The van der Waals surface area contributed by atoms with Crippen LogP contribution in [0.15, 0.2) is 6.07 Å². The summed E-state index contributed by atoms with van der Waals surface area (Å²) in [7, 11) is 1.76. The summed E-state index contributed by atoms with van der Waals surface area (Å²) in [5.41, 5.74) is 11.3. The molecule has 0 atom stereocenters. The molecule has 1 saturated carbocycles. The van der Waals surface area contributed by atoms with Crippen LogP contribution in [0.2, 0.25) is 0 Å². The fourth-order valence-corrected chi connectivity index (χ4v) is 2.67. The molecule has 0 heterocycles. The molecule has 0 amide bonds. The molecule has 0 aliphatic heterocycles. The second kappa shape index (κ2) is 3.77. The van der Waals surface area contributed by atoms with Gasteiger partial charge in [-0.2, -0.15) is 0 Å². The van der Waals surface area contributed by atoms with Crippen molar-refractivity contribution < 1.29 is 4.74 Å². The first-order valence-electron chi connectivity index (χ1n) is 5.91. The summed E-state index contributed by atoms with van der Waals surface area (Å²) in [5.74, 6) is 1.06. The summed E-state index contributed by atoms with van der Waals surface area (Å²) in [6.45, 7) is 7.16. The summed E-state index contributed by atoms with van der Waals surface area (Å²) >= 11 is 0. The highest BCUT2D eigenvalue weighted by atomic mass is 16.5. The van der Waals surface area contributed by atoms with Crippen molar-refractivity contribution in [2.45, 2.75) is 39.0 Å². The van der Waals surface area contributed by atoms with Crippen molar-refractivity contribution in [3.8, 4) is 5.75 Å². The topological polar surface area (TPSA) is 35.2 Å². The van der Waals surface area contributed by atoms with Crippen LogP contribution < -0.4 is 10.5 Å². The highest BCUT2D eigenvalue weighted by Crippen LogP contribution is 2.52. The number of hydrogen-bond acceptors (Lipinski definition) is 2. The molecule has 1 fully saturated rings. The van der Waals surface area contributed by atoms with Gasteiger partial charge in [-0.3, -0.25) is 0 Å². The average molecular weight is 219 g/mol. The van der Waals surface area contributed by atoms with Crippen molar-refractivity contribution >= 4 is 0 Å². The van der Waals surface area contributed by atoms with E-state index in [-0.39, 0.29) is 5.41 Å². The van der Waals surface area contributed by atoms with Gasteiger partial charge in [-0.1, -0.05) is 6.07 Å². The molecule has 1 aromatic rings. The Kier molecular flexibility index (Phi) is 2.70. The van der Waals surface area contributed by atoms with Crippen LogP contribution in [0.4, 0.5) is 0 Å². The van der Waals surface area contributed by atoms with Gasteiger partial charge in [-0.25, -0.2) is 0 Å². The molecule has 0 unspecified atom stereocenters. The Labute approximate surface area is 97.8 Å². The Balaban J connectivity index is 2.64. The normalized spacial score (nSPS) is 17.3. The van der Waals surface area contributed by atoms with E-state index < -0.39 is 0 Å². The van der Waals surface area contributed by atoms with Gasteiger partial charge in [0.15, 0.2) is 0 Å². The van der Waals surface area contributed by atoms with Crippen LogP contribution in [-0.2, 0) is 5.41 Å². The number of methoxy groups -OCH3 is 1. The number of ether oxygens (including phenoxy) is 1. The third-order valence-electron chi connectivity index (χ3n) is 3.97. The number of rotatable bonds is 3. The third kappa shape index (κ3) is 1.52. The standard InChI is InChI=1S/C14H21NO/c1-9-7-10(2)12(13(16-4)11(9)3)14(8-15)5-6-14/h7H,5-6,8,15H2,1-4H3. The largest absolute Gasteiger partial charge is 0.496 e. The predicted octanol–water partition coefficient (Wildman–Crippen LogP) is 2.61. The molecule has 1 aromatic carbocycles. The second-order valence-electron chi connectivity index (χ2n) is 5.03. The van der Waals surface area contributed by atoms with Gasteiger partial charge < -0.3 is 10.5 Å². The van der Waals surface area contributed by atoms with E-state index in [4.69, 9.17) is 10.5 Å². The van der Waals surface area contributed by atoms with Gasteiger partial charge in [-0.05, 0) is 50.3 Å².